The van der Waals surface area contributed by atoms with Crippen LogP contribution in [0, 0.1) is 13.8 Å². The SMILES string of the molecule is COc1ccc(C2c3[nH]c4ccccc4c3C[C@H]3C(=O)N(c4ccccc4C(=O)Nc4ccc(C)c(C)c4)C(=O)N23)cc1. The van der Waals surface area contributed by atoms with Gasteiger partial charge in [-0.3, -0.25) is 14.5 Å². The van der Waals surface area contributed by atoms with Crippen LogP contribution in [0.25, 0.3) is 10.9 Å². The standard InChI is InChI=1S/C35H30N4O4/c1-20-12-15-23(18-21(20)2)36-33(40)26-9-5-7-11-29(26)39-34(41)30-19-27-25-8-4-6-10-28(25)37-31(27)32(38(30)35(39)42)22-13-16-24(43-3)17-14-22/h4-18,30,32,37H,19H2,1-3H3,(H,36,40)/t30-,32?/m0/s1. The molecule has 0 spiro atoms. The number of hydrogen-bond acceptors (Lipinski definition) is 4. The number of rotatable bonds is 5. The van der Waals surface area contributed by atoms with Gasteiger partial charge in [0.2, 0.25) is 0 Å². The number of aryl methyl sites for hydroxylation is 2. The average Bonchev–Trinajstić information content (AvgIpc) is 3.52. The smallest absolute Gasteiger partial charge is 0.332 e. The summed E-state index contributed by atoms with van der Waals surface area (Å²) in [5, 5.41) is 3.97. The van der Waals surface area contributed by atoms with E-state index in [1.165, 1.54) is 4.90 Å². The zero-order chi connectivity index (χ0) is 29.8. The highest BCUT2D eigenvalue weighted by atomic mass is 16.5. The van der Waals surface area contributed by atoms with Crippen molar-refractivity contribution in [3.8, 4) is 5.75 Å². The summed E-state index contributed by atoms with van der Waals surface area (Å²) in [5.74, 6) is -0.0553. The number of urea groups is 1. The molecule has 2 aliphatic rings. The Kier molecular flexibility index (Phi) is 6.27. The molecule has 4 amide bonds. The van der Waals surface area contributed by atoms with Crippen LogP contribution < -0.4 is 15.0 Å². The van der Waals surface area contributed by atoms with E-state index in [4.69, 9.17) is 4.74 Å². The highest BCUT2D eigenvalue weighted by Crippen LogP contribution is 2.45. The van der Waals surface area contributed by atoms with Crippen molar-refractivity contribution in [2.24, 2.45) is 0 Å². The van der Waals surface area contributed by atoms with Crippen molar-refractivity contribution in [1.82, 2.24) is 9.88 Å². The van der Waals surface area contributed by atoms with Gasteiger partial charge in [-0.15, -0.1) is 0 Å². The van der Waals surface area contributed by atoms with Gasteiger partial charge in [-0.2, -0.15) is 0 Å². The number of aromatic nitrogens is 1. The molecule has 1 aromatic heterocycles. The van der Waals surface area contributed by atoms with Crippen LogP contribution in [0.2, 0.25) is 0 Å². The molecule has 1 unspecified atom stereocenters. The lowest BCUT2D eigenvalue weighted by molar-refractivity contribution is -0.120. The van der Waals surface area contributed by atoms with Gasteiger partial charge in [0.1, 0.15) is 17.8 Å². The van der Waals surface area contributed by atoms with Crippen molar-refractivity contribution in [3.63, 3.8) is 0 Å². The molecule has 0 bridgehead atoms. The van der Waals surface area contributed by atoms with E-state index in [2.05, 4.69) is 10.3 Å². The summed E-state index contributed by atoms with van der Waals surface area (Å²) >= 11 is 0. The number of ether oxygens (including phenoxy) is 1. The fourth-order valence-electron chi connectivity index (χ4n) is 6.31. The number of benzene rings is 4. The van der Waals surface area contributed by atoms with Crippen LogP contribution in [0.5, 0.6) is 5.75 Å². The van der Waals surface area contributed by atoms with Gasteiger partial charge in [-0.05, 0) is 78.6 Å². The molecule has 2 aliphatic heterocycles. The van der Waals surface area contributed by atoms with Crippen LogP contribution in [0.3, 0.4) is 0 Å². The Bertz CT molecular complexity index is 1930. The van der Waals surface area contributed by atoms with Gasteiger partial charge in [0.05, 0.1) is 18.4 Å². The predicted octanol–water partition coefficient (Wildman–Crippen LogP) is 6.53. The molecular formula is C35H30N4O4. The molecule has 8 nitrogen and oxygen atoms in total. The molecule has 1 fully saturated rings. The van der Waals surface area contributed by atoms with E-state index in [0.29, 0.717) is 17.9 Å². The van der Waals surface area contributed by atoms with Gasteiger partial charge in [0, 0.05) is 28.7 Å². The topological polar surface area (TPSA) is 94.7 Å². The van der Waals surface area contributed by atoms with Gasteiger partial charge in [0.25, 0.3) is 11.8 Å². The second kappa shape index (κ2) is 10.2. The minimum atomic E-state index is -0.734. The number of aromatic amines is 1. The average molecular weight is 571 g/mol. The summed E-state index contributed by atoms with van der Waals surface area (Å²) in [6, 6.07) is 26.2. The first-order chi connectivity index (χ1) is 20.9. The van der Waals surface area contributed by atoms with Gasteiger partial charge >= 0.3 is 6.03 Å². The van der Waals surface area contributed by atoms with E-state index in [-0.39, 0.29) is 17.2 Å². The molecule has 5 aromatic rings. The third-order valence-electron chi connectivity index (χ3n) is 8.64. The molecule has 2 N–H and O–H groups in total. The van der Waals surface area contributed by atoms with Crippen molar-refractivity contribution >= 4 is 40.1 Å². The van der Waals surface area contributed by atoms with Crippen LogP contribution >= 0.6 is 0 Å². The Hall–Kier alpha value is -5.37. The zero-order valence-electron chi connectivity index (χ0n) is 24.0. The molecule has 7 rings (SSSR count). The van der Waals surface area contributed by atoms with E-state index in [1.54, 1.807) is 36.3 Å². The highest BCUT2D eigenvalue weighted by Gasteiger charge is 2.53. The molecule has 3 heterocycles. The number of fused-ring (bicyclic) bond motifs is 4. The fraction of sp³-hybridized carbons (Fsp3) is 0.171. The summed E-state index contributed by atoms with van der Waals surface area (Å²) in [4.78, 5) is 48.5. The molecular weight excluding hydrogens is 540 g/mol. The first-order valence-corrected chi connectivity index (χ1v) is 14.2. The molecule has 0 aliphatic carbocycles. The summed E-state index contributed by atoms with van der Waals surface area (Å²) in [5.41, 5.74) is 7.01. The Morgan fingerprint density at radius 3 is 2.42 bits per heavy atom. The number of nitrogens with zero attached hydrogens (tertiary/aromatic N) is 2. The van der Waals surface area contributed by atoms with Crippen molar-refractivity contribution in [2.45, 2.75) is 32.4 Å². The number of methoxy groups -OCH3 is 1. The molecule has 1 saturated heterocycles. The maximum absolute atomic E-state index is 14.4. The summed E-state index contributed by atoms with van der Waals surface area (Å²) in [6.07, 6.45) is 0.365. The van der Waals surface area contributed by atoms with E-state index < -0.39 is 24.0 Å². The number of anilines is 2. The monoisotopic (exact) mass is 570 g/mol. The summed E-state index contributed by atoms with van der Waals surface area (Å²) in [6.45, 7) is 3.99. The summed E-state index contributed by atoms with van der Waals surface area (Å²) in [7, 11) is 1.61. The van der Waals surface area contributed by atoms with Gasteiger partial charge in [0.15, 0.2) is 0 Å². The Morgan fingerprint density at radius 2 is 1.65 bits per heavy atom. The molecule has 8 heteroatoms. The molecule has 43 heavy (non-hydrogen) atoms. The normalized spacial score (nSPS) is 17.7. The van der Waals surface area contributed by atoms with Crippen LogP contribution in [0.4, 0.5) is 16.2 Å². The van der Waals surface area contributed by atoms with Gasteiger partial charge in [-0.25, -0.2) is 9.69 Å². The number of imide groups is 1. The second-order valence-electron chi connectivity index (χ2n) is 11.1. The van der Waals surface area contributed by atoms with Crippen LogP contribution in [-0.4, -0.2) is 40.9 Å². The second-order valence-corrected chi connectivity index (χ2v) is 11.1. The largest absolute Gasteiger partial charge is 0.497 e. The lowest BCUT2D eigenvalue weighted by Gasteiger charge is -2.36. The van der Waals surface area contributed by atoms with Crippen molar-refractivity contribution in [3.05, 3.63) is 125 Å². The molecule has 0 saturated carbocycles. The van der Waals surface area contributed by atoms with E-state index in [9.17, 15) is 14.4 Å². The number of para-hydroxylation sites is 2. The zero-order valence-corrected chi connectivity index (χ0v) is 24.0. The number of amides is 4. The van der Waals surface area contributed by atoms with Crippen LogP contribution in [0.1, 0.15) is 44.3 Å². The maximum atomic E-state index is 14.4. The number of carbonyl (C=O) groups is 3. The maximum Gasteiger partial charge on any atom is 0.332 e. The minimum absolute atomic E-state index is 0.243. The van der Waals surface area contributed by atoms with Gasteiger partial charge < -0.3 is 15.0 Å². The molecule has 0 radical (unpaired) electrons. The molecule has 214 valence electrons. The predicted molar refractivity (Wildman–Crippen MR) is 166 cm³/mol. The lowest BCUT2D eigenvalue weighted by Crippen LogP contribution is -2.44. The van der Waals surface area contributed by atoms with E-state index in [0.717, 1.165) is 38.9 Å². The number of carbonyl (C=O) groups excluding carboxylic acids is 3. The van der Waals surface area contributed by atoms with E-state index in [1.807, 2.05) is 80.6 Å². The number of hydrogen-bond donors (Lipinski definition) is 2. The van der Waals surface area contributed by atoms with Crippen molar-refractivity contribution in [1.29, 1.82) is 0 Å². The Balaban J connectivity index is 1.30. The molecule has 2 atom stereocenters. The van der Waals surface area contributed by atoms with Crippen molar-refractivity contribution in [2.75, 3.05) is 17.3 Å². The number of nitrogens with one attached hydrogen (secondary N) is 2. The quantitative estimate of drug-likeness (QED) is 0.235. The number of H-pyrrole nitrogens is 1. The minimum Gasteiger partial charge on any atom is -0.497 e. The lowest BCUT2D eigenvalue weighted by atomic mass is 9.89. The third-order valence-corrected chi connectivity index (χ3v) is 8.64. The fourth-order valence-corrected chi connectivity index (χ4v) is 6.31. The molecule has 4 aromatic carbocycles. The van der Waals surface area contributed by atoms with Crippen LogP contribution in [-0.2, 0) is 11.2 Å². The van der Waals surface area contributed by atoms with Crippen molar-refractivity contribution < 1.29 is 19.1 Å². The third kappa shape index (κ3) is 4.25. The van der Waals surface area contributed by atoms with E-state index >= 15 is 0 Å². The first-order valence-electron chi connectivity index (χ1n) is 14.2. The van der Waals surface area contributed by atoms with Crippen LogP contribution in [0.15, 0.2) is 91.0 Å². The Labute approximate surface area is 248 Å². The summed E-state index contributed by atoms with van der Waals surface area (Å²) < 4.78 is 5.38. The highest BCUT2D eigenvalue weighted by molar-refractivity contribution is 6.24. The Morgan fingerprint density at radius 1 is 0.907 bits per heavy atom. The first kappa shape index (κ1) is 26.5. The van der Waals surface area contributed by atoms with Gasteiger partial charge in [-0.1, -0.05) is 48.5 Å².